The van der Waals surface area contributed by atoms with E-state index >= 15 is 0 Å². The van der Waals surface area contributed by atoms with Crippen LogP contribution in [0.15, 0.2) is 45.9 Å². The topological polar surface area (TPSA) is 146 Å². The SMILES string of the molecule is C=NCC1=C(O)[C@@H](N(C)C)[C@@H]2C[C@@H]3Cc4cccc(O)c4C(=O)C3=C(O)[C@]2(OC(=O)OC)C1=O. The number of nitrogens with zero attached hydrogens (tertiary/aromatic N) is 2. The first-order valence-electron chi connectivity index (χ1n) is 10.7. The number of phenolic OH excluding ortho intramolecular Hbond substituents is 1. The lowest BCUT2D eigenvalue weighted by Crippen LogP contribution is -2.64. The van der Waals surface area contributed by atoms with E-state index < -0.39 is 47.0 Å². The number of aliphatic hydroxyl groups excluding tert-OH is 2. The number of Topliss-reactive ketones (excluding diaryl/α,β-unsaturated/α-hetero) is 2. The van der Waals surface area contributed by atoms with Crippen LogP contribution in [0.4, 0.5) is 4.79 Å². The van der Waals surface area contributed by atoms with Crippen LogP contribution < -0.4 is 0 Å². The van der Waals surface area contributed by atoms with Gasteiger partial charge in [0.1, 0.15) is 11.5 Å². The zero-order valence-electron chi connectivity index (χ0n) is 19.1. The van der Waals surface area contributed by atoms with Crippen molar-refractivity contribution in [2.45, 2.75) is 24.5 Å². The quantitative estimate of drug-likeness (QED) is 0.445. The second-order valence-electron chi connectivity index (χ2n) is 8.92. The molecule has 3 aliphatic carbocycles. The summed E-state index contributed by atoms with van der Waals surface area (Å²) in [4.78, 5) is 45.0. The van der Waals surface area contributed by atoms with Gasteiger partial charge >= 0.3 is 6.16 Å². The van der Waals surface area contributed by atoms with E-state index in [2.05, 4.69) is 16.4 Å². The van der Waals surface area contributed by atoms with E-state index in [0.717, 1.165) is 7.11 Å². The number of methoxy groups -OCH3 is 1. The van der Waals surface area contributed by atoms with Gasteiger partial charge < -0.3 is 24.8 Å². The van der Waals surface area contributed by atoms with Gasteiger partial charge in [0.15, 0.2) is 11.5 Å². The average molecular weight is 470 g/mol. The van der Waals surface area contributed by atoms with Gasteiger partial charge in [-0.05, 0) is 51.2 Å². The van der Waals surface area contributed by atoms with Gasteiger partial charge in [-0.1, -0.05) is 12.1 Å². The number of rotatable bonds is 4. The van der Waals surface area contributed by atoms with E-state index in [1.54, 1.807) is 31.1 Å². The number of aromatic hydroxyl groups is 1. The molecule has 1 aromatic carbocycles. The lowest BCUT2D eigenvalue weighted by Gasteiger charge is -2.51. The number of aliphatic hydroxyl groups is 2. The molecular formula is C24H26N2O8. The minimum atomic E-state index is -2.32. The van der Waals surface area contributed by atoms with Crippen molar-refractivity contribution in [3.05, 3.63) is 52.0 Å². The Kier molecular flexibility index (Phi) is 5.72. The fraction of sp³-hybridized carbons (Fsp3) is 0.417. The number of allylic oxidation sites excluding steroid dienone is 1. The highest BCUT2D eigenvalue weighted by molar-refractivity contribution is 6.15. The first kappa shape index (κ1) is 23.5. The Morgan fingerprint density at radius 3 is 2.59 bits per heavy atom. The predicted molar refractivity (Wildman–Crippen MR) is 120 cm³/mol. The number of hydrogen-bond donors (Lipinski definition) is 3. The van der Waals surface area contributed by atoms with Crippen LogP contribution in [-0.2, 0) is 20.7 Å². The number of likely N-dealkylation sites (N-methyl/N-ethyl adjacent to an activating group) is 1. The smallest absolute Gasteiger partial charge is 0.509 e. The van der Waals surface area contributed by atoms with Crippen molar-refractivity contribution < 1.29 is 39.2 Å². The van der Waals surface area contributed by atoms with E-state index in [1.807, 2.05) is 0 Å². The van der Waals surface area contributed by atoms with Crippen molar-refractivity contribution in [2.24, 2.45) is 16.8 Å². The Morgan fingerprint density at radius 1 is 1.26 bits per heavy atom. The number of ketones is 2. The largest absolute Gasteiger partial charge is 0.510 e. The van der Waals surface area contributed by atoms with Gasteiger partial charge in [0.05, 0.1) is 30.8 Å². The Morgan fingerprint density at radius 2 is 1.97 bits per heavy atom. The third-order valence-electron chi connectivity index (χ3n) is 6.96. The van der Waals surface area contributed by atoms with Gasteiger partial charge in [-0.3, -0.25) is 19.5 Å². The molecule has 0 aliphatic heterocycles. The van der Waals surface area contributed by atoms with Gasteiger partial charge in [0.25, 0.3) is 0 Å². The van der Waals surface area contributed by atoms with Crippen molar-refractivity contribution in [2.75, 3.05) is 27.7 Å². The molecule has 0 saturated heterocycles. The lowest BCUT2D eigenvalue weighted by molar-refractivity contribution is -0.151. The number of benzene rings is 1. The van der Waals surface area contributed by atoms with Crippen LogP contribution in [0.25, 0.3) is 0 Å². The molecule has 0 fully saturated rings. The highest BCUT2D eigenvalue weighted by Crippen LogP contribution is 2.53. The van der Waals surface area contributed by atoms with Crippen LogP contribution in [0.3, 0.4) is 0 Å². The number of carbonyl (C=O) groups excluding carboxylic acids is 3. The molecule has 0 unspecified atom stereocenters. The molecule has 34 heavy (non-hydrogen) atoms. The molecule has 4 rings (SSSR count). The van der Waals surface area contributed by atoms with Crippen LogP contribution in [0.5, 0.6) is 5.75 Å². The second kappa shape index (κ2) is 8.28. The number of phenols is 1. The fourth-order valence-corrected chi connectivity index (χ4v) is 5.61. The molecule has 180 valence electrons. The average Bonchev–Trinajstić information content (AvgIpc) is 2.78. The molecule has 0 spiro atoms. The van der Waals surface area contributed by atoms with Gasteiger partial charge in [0, 0.05) is 11.5 Å². The van der Waals surface area contributed by atoms with Crippen molar-refractivity contribution >= 4 is 24.4 Å². The highest BCUT2D eigenvalue weighted by atomic mass is 16.7. The minimum absolute atomic E-state index is 0.0331. The normalized spacial score (nSPS) is 28.3. The van der Waals surface area contributed by atoms with Gasteiger partial charge in [-0.15, -0.1) is 0 Å². The van der Waals surface area contributed by atoms with Crippen LogP contribution in [-0.4, -0.2) is 84.1 Å². The van der Waals surface area contributed by atoms with E-state index in [9.17, 15) is 29.7 Å². The zero-order valence-corrected chi connectivity index (χ0v) is 19.1. The molecule has 3 aliphatic rings. The Bertz CT molecular complexity index is 1170. The number of aliphatic imine (C=N–C) groups is 1. The molecule has 10 nitrogen and oxygen atoms in total. The van der Waals surface area contributed by atoms with Crippen LogP contribution in [0.2, 0.25) is 0 Å². The molecule has 0 heterocycles. The lowest BCUT2D eigenvalue weighted by atomic mass is 9.58. The first-order chi connectivity index (χ1) is 16.1. The number of hydrogen-bond acceptors (Lipinski definition) is 10. The van der Waals surface area contributed by atoms with Gasteiger partial charge in [-0.2, -0.15) is 0 Å². The third-order valence-corrected chi connectivity index (χ3v) is 6.96. The summed E-state index contributed by atoms with van der Waals surface area (Å²) in [7, 11) is 4.41. The summed E-state index contributed by atoms with van der Waals surface area (Å²) in [6, 6.07) is 3.86. The Balaban J connectivity index is 2.02. The Labute approximate surface area is 195 Å². The summed E-state index contributed by atoms with van der Waals surface area (Å²) in [6.07, 6.45) is -0.801. The number of ether oxygens (including phenoxy) is 2. The maximum absolute atomic E-state index is 13.8. The Hall–Kier alpha value is -3.66. The molecule has 0 radical (unpaired) electrons. The maximum Gasteiger partial charge on any atom is 0.509 e. The third kappa shape index (κ3) is 3.12. The summed E-state index contributed by atoms with van der Waals surface area (Å²) >= 11 is 0. The fourth-order valence-electron chi connectivity index (χ4n) is 5.61. The van der Waals surface area contributed by atoms with Gasteiger partial charge in [-0.25, -0.2) is 4.79 Å². The molecule has 1 aromatic rings. The standard InChI is InChI=1S/C24H26N2O8/c1-25-10-13-19(28)18(26(2)3)14-9-12-8-11-6-5-7-15(27)16(11)20(29)17(12)22(31)24(14,21(13)30)34-23(32)33-4/h5-7,12,14,18,27-28,31H,1,8-10H2,2-4H3/t12-,14-,18-,24+/m0/s1. The van der Waals surface area contributed by atoms with Crippen molar-refractivity contribution in [3.8, 4) is 5.75 Å². The van der Waals surface area contributed by atoms with Crippen molar-refractivity contribution in [1.82, 2.24) is 4.90 Å². The maximum atomic E-state index is 13.8. The molecule has 0 saturated carbocycles. The summed E-state index contributed by atoms with van der Waals surface area (Å²) in [5.74, 6) is -4.25. The summed E-state index contributed by atoms with van der Waals surface area (Å²) in [6.45, 7) is 3.08. The summed E-state index contributed by atoms with van der Waals surface area (Å²) in [5, 5.41) is 32.9. The van der Waals surface area contributed by atoms with E-state index in [0.29, 0.717) is 12.0 Å². The minimum Gasteiger partial charge on any atom is -0.510 e. The predicted octanol–water partition coefficient (Wildman–Crippen LogP) is 2.13. The molecule has 3 N–H and O–H groups in total. The van der Waals surface area contributed by atoms with Crippen molar-refractivity contribution in [1.29, 1.82) is 0 Å². The van der Waals surface area contributed by atoms with E-state index in [-0.39, 0.29) is 41.2 Å². The molecular weight excluding hydrogens is 444 g/mol. The molecule has 0 amide bonds. The molecule has 4 atom stereocenters. The monoisotopic (exact) mass is 470 g/mol. The van der Waals surface area contributed by atoms with E-state index in [1.165, 1.54) is 6.07 Å². The first-order valence-corrected chi connectivity index (χ1v) is 10.7. The van der Waals surface area contributed by atoms with Crippen molar-refractivity contribution in [3.63, 3.8) is 0 Å². The van der Waals surface area contributed by atoms with Crippen LogP contribution in [0.1, 0.15) is 22.3 Å². The number of fused-ring (bicyclic) bond motifs is 3. The zero-order chi connectivity index (χ0) is 24.9. The van der Waals surface area contributed by atoms with Crippen LogP contribution in [0, 0.1) is 11.8 Å². The van der Waals surface area contributed by atoms with E-state index in [4.69, 9.17) is 4.74 Å². The highest BCUT2D eigenvalue weighted by Gasteiger charge is 2.65. The number of carbonyl (C=O) groups is 3. The molecule has 0 bridgehead atoms. The second-order valence-corrected chi connectivity index (χ2v) is 8.92. The van der Waals surface area contributed by atoms with Crippen LogP contribution >= 0.6 is 0 Å². The summed E-state index contributed by atoms with van der Waals surface area (Å²) in [5.41, 5.74) is -1.98. The molecule has 10 heteroatoms. The van der Waals surface area contributed by atoms with Gasteiger partial charge in [0.2, 0.25) is 11.4 Å². The molecule has 0 aromatic heterocycles. The summed E-state index contributed by atoms with van der Waals surface area (Å²) < 4.78 is 10.2.